The van der Waals surface area contributed by atoms with Crippen LogP contribution >= 0.6 is 0 Å². The van der Waals surface area contributed by atoms with Gasteiger partial charge in [-0.25, -0.2) is 4.79 Å². The molecule has 0 spiro atoms. The van der Waals surface area contributed by atoms with Gasteiger partial charge in [0.1, 0.15) is 11.3 Å². The number of barbiturate groups is 1. The van der Waals surface area contributed by atoms with Crippen LogP contribution in [0.15, 0.2) is 34.6 Å². The highest BCUT2D eigenvalue weighted by atomic mass is 16.3. The summed E-state index contributed by atoms with van der Waals surface area (Å²) in [6.07, 6.45) is 5.09. The first-order chi connectivity index (χ1) is 10.1. The number of nitrogens with zero attached hydrogens (tertiary/aromatic N) is 2. The van der Waals surface area contributed by atoms with Crippen LogP contribution in [-0.4, -0.2) is 40.7 Å². The molecule has 3 rings (SSSR count). The summed E-state index contributed by atoms with van der Waals surface area (Å²) in [5, 5.41) is 2.19. The topological polar surface area (TPSA) is 82.9 Å². The largest absolute Gasteiger partial charge is 0.467 e. The summed E-state index contributed by atoms with van der Waals surface area (Å²) >= 11 is 0. The molecule has 2 fully saturated rings. The predicted octanol–water partition coefficient (Wildman–Crippen LogP) is 0.838. The maximum absolute atomic E-state index is 12.4. The SMILES string of the molecule is O=C1NC(=O)N(Cc2ccco2)C(=O)/C1=C\N1CCCC1. The van der Waals surface area contributed by atoms with Gasteiger partial charge < -0.3 is 9.32 Å². The van der Waals surface area contributed by atoms with Crippen LogP contribution in [0.1, 0.15) is 18.6 Å². The molecule has 0 aromatic carbocycles. The summed E-state index contributed by atoms with van der Waals surface area (Å²) in [7, 11) is 0. The predicted molar refractivity (Wildman–Crippen MR) is 71.7 cm³/mol. The van der Waals surface area contributed by atoms with Gasteiger partial charge in [-0.15, -0.1) is 0 Å². The van der Waals surface area contributed by atoms with Gasteiger partial charge in [0.25, 0.3) is 11.8 Å². The molecule has 0 bridgehead atoms. The minimum atomic E-state index is -0.722. The number of carbonyl (C=O) groups excluding carboxylic acids is 3. The van der Waals surface area contributed by atoms with Crippen molar-refractivity contribution in [3.05, 3.63) is 35.9 Å². The average molecular weight is 289 g/mol. The number of urea groups is 1. The van der Waals surface area contributed by atoms with Crippen LogP contribution in [0.5, 0.6) is 0 Å². The first-order valence-electron chi connectivity index (χ1n) is 6.80. The molecule has 1 N–H and O–H groups in total. The Bertz CT molecular complexity index is 600. The van der Waals surface area contributed by atoms with Gasteiger partial charge in [-0.1, -0.05) is 0 Å². The van der Waals surface area contributed by atoms with Gasteiger partial charge in [0, 0.05) is 19.3 Å². The standard InChI is InChI=1S/C14H15N3O4/c18-12-11(9-16-5-1-2-6-16)13(19)17(14(20)15-12)8-10-4-3-7-21-10/h3-4,7,9H,1-2,5-6,8H2,(H,15,18,20)/b11-9-. The van der Waals surface area contributed by atoms with Crippen LogP contribution in [0.2, 0.25) is 0 Å². The number of hydrogen-bond acceptors (Lipinski definition) is 5. The Labute approximate surface area is 121 Å². The Morgan fingerprint density at radius 1 is 1.24 bits per heavy atom. The van der Waals surface area contributed by atoms with Gasteiger partial charge in [-0.2, -0.15) is 0 Å². The first-order valence-corrected chi connectivity index (χ1v) is 6.80. The second-order valence-corrected chi connectivity index (χ2v) is 5.02. The third-order valence-electron chi connectivity index (χ3n) is 3.53. The van der Waals surface area contributed by atoms with Gasteiger partial charge in [0.2, 0.25) is 0 Å². The summed E-state index contributed by atoms with van der Waals surface area (Å²) in [6, 6.07) is 2.62. The van der Waals surface area contributed by atoms with Gasteiger partial charge in [0.05, 0.1) is 12.8 Å². The Morgan fingerprint density at radius 3 is 2.67 bits per heavy atom. The molecule has 2 aliphatic rings. The van der Waals surface area contributed by atoms with Crippen molar-refractivity contribution >= 4 is 17.8 Å². The summed E-state index contributed by atoms with van der Waals surface area (Å²) in [5.74, 6) is -0.756. The van der Waals surface area contributed by atoms with E-state index in [1.54, 1.807) is 18.3 Å². The smallest absolute Gasteiger partial charge is 0.331 e. The lowest BCUT2D eigenvalue weighted by Gasteiger charge is -2.26. The van der Waals surface area contributed by atoms with Crippen LogP contribution in [-0.2, 0) is 16.1 Å². The van der Waals surface area contributed by atoms with Crippen LogP contribution in [0, 0.1) is 0 Å². The maximum Gasteiger partial charge on any atom is 0.331 e. The molecule has 1 aromatic rings. The molecule has 0 unspecified atom stereocenters. The second-order valence-electron chi connectivity index (χ2n) is 5.02. The van der Waals surface area contributed by atoms with Crippen LogP contribution in [0.3, 0.4) is 0 Å². The van der Waals surface area contributed by atoms with Crippen molar-refractivity contribution in [1.82, 2.24) is 15.1 Å². The Kier molecular flexibility index (Phi) is 3.47. The monoisotopic (exact) mass is 289 g/mol. The number of hydrogen-bond donors (Lipinski definition) is 1. The lowest BCUT2D eigenvalue weighted by Crippen LogP contribution is -2.54. The van der Waals surface area contributed by atoms with Gasteiger partial charge in [0.15, 0.2) is 0 Å². The number of amides is 4. The summed E-state index contributed by atoms with van der Waals surface area (Å²) in [4.78, 5) is 38.9. The summed E-state index contributed by atoms with van der Waals surface area (Å²) in [5.41, 5.74) is -0.0111. The third-order valence-corrected chi connectivity index (χ3v) is 3.53. The minimum Gasteiger partial charge on any atom is -0.467 e. The van der Waals surface area contributed by atoms with E-state index in [0.717, 1.165) is 30.8 Å². The third kappa shape index (κ3) is 2.67. The lowest BCUT2D eigenvalue weighted by molar-refractivity contribution is -0.130. The van der Waals surface area contributed by atoms with Crippen LogP contribution < -0.4 is 5.32 Å². The molecule has 2 saturated heterocycles. The fourth-order valence-corrected chi connectivity index (χ4v) is 2.44. The zero-order valence-corrected chi connectivity index (χ0v) is 11.4. The molecular formula is C14H15N3O4. The highest BCUT2D eigenvalue weighted by Crippen LogP contribution is 2.17. The molecule has 0 aliphatic carbocycles. The Morgan fingerprint density at radius 2 is 2.00 bits per heavy atom. The van der Waals surface area contributed by atoms with Crippen LogP contribution in [0.25, 0.3) is 0 Å². The average Bonchev–Trinajstić information content (AvgIpc) is 3.13. The molecule has 7 heteroatoms. The van der Waals surface area contributed by atoms with E-state index in [0.29, 0.717) is 5.76 Å². The molecule has 110 valence electrons. The van der Waals surface area contributed by atoms with Crippen molar-refractivity contribution in [2.45, 2.75) is 19.4 Å². The minimum absolute atomic E-state index is 0.00227. The molecule has 7 nitrogen and oxygen atoms in total. The van der Waals surface area contributed by atoms with Gasteiger partial charge >= 0.3 is 6.03 Å². The number of nitrogens with one attached hydrogen (secondary N) is 1. The van der Waals surface area contributed by atoms with Crippen molar-refractivity contribution in [2.75, 3.05) is 13.1 Å². The molecule has 2 aliphatic heterocycles. The van der Waals surface area contributed by atoms with Gasteiger partial charge in [-0.3, -0.25) is 19.8 Å². The van der Waals surface area contributed by atoms with E-state index >= 15 is 0 Å². The molecule has 3 heterocycles. The molecule has 0 radical (unpaired) electrons. The second kappa shape index (κ2) is 5.43. The normalized spacial score (nSPS) is 21.3. The number of carbonyl (C=O) groups is 3. The van der Waals surface area contributed by atoms with Crippen LogP contribution in [0.4, 0.5) is 4.79 Å². The van der Waals surface area contributed by atoms with Crippen molar-refractivity contribution in [2.24, 2.45) is 0 Å². The zero-order valence-electron chi connectivity index (χ0n) is 11.4. The number of imide groups is 2. The molecule has 1 aromatic heterocycles. The van der Waals surface area contributed by atoms with E-state index < -0.39 is 17.8 Å². The molecule has 21 heavy (non-hydrogen) atoms. The Hall–Kier alpha value is -2.57. The number of rotatable bonds is 3. The van der Waals surface area contributed by atoms with E-state index in [-0.39, 0.29) is 12.1 Å². The van der Waals surface area contributed by atoms with E-state index in [2.05, 4.69) is 5.32 Å². The summed E-state index contributed by atoms with van der Waals surface area (Å²) in [6.45, 7) is 1.63. The highest BCUT2D eigenvalue weighted by Gasteiger charge is 2.36. The fraction of sp³-hybridized carbons (Fsp3) is 0.357. The van der Waals surface area contributed by atoms with E-state index in [9.17, 15) is 14.4 Å². The molecule has 0 atom stereocenters. The van der Waals surface area contributed by atoms with E-state index in [1.807, 2.05) is 4.90 Å². The maximum atomic E-state index is 12.4. The van der Waals surface area contributed by atoms with E-state index in [1.165, 1.54) is 6.26 Å². The zero-order chi connectivity index (χ0) is 14.8. The first kappa shape index (κ1) is 13.4. The highest BCUT2D eigenvalue weighted by molar-refractivity contribution is 6.28. The molecule has 0 saturated carbocycles. The van der Waals surface area contributed by atoms with E-state index in [4.69, 9.17) is 4.42 Å². The van der Waals surface area contributed by atoms with Gasteiger partial charge in [-0.05, 0) is 25.0 Å². The number of likely N-dealkylation sites (tertiary alicyclic amines) is 1. The van der Waals surface area contributed by atoms with Crippen molar-refractivity contribution in [1.29, 1.82) is 0 Å². The van der Waals surface area contributed by atoms with Crippen molar-refractivity contribution in [3.63, 3.8) is 0 Å². The Balaban J connectivity index is 1.82. The fourth-order valence-electron chi connectivity index (χ4n) is 2.44. The van der Waals surface area contributed by atoms with Crippen molar-refractivity contribution in [3.8, 4) is 0 Å². The summed E-state index contributed by atoms with van der Waals surface area (Å²) < 4.78 is 5.14. The number of furan rings is 1. The quantitative estimate of drug-likeness (QED) is 0.658. The molecular weight excluding hydrogens is 274 g/mol. The van der Waals surface area contributed by atoms with Crippen molar-refractivity contribution < 1.29 is 18.8 Å². The molecule has 4 amide bonds. The lowest BCUT2D eigenvalue weighted by atomic mass is 10.2.